The predicted octanol–water partition coefficient (Wildman–Crippen LogP) is 4.36. The second-order valence-corrected chi connectivity index (χ2v) is 8.38. The normalized spacial score (nSPS) is 13.5. The number of anilines is 1. The number of fused-ring (bicyclic) bond motifs is 1. The summed E-state index contributed by atoms with van der Waals surface area (Å²) in [6.45, 7) is 4.72. The fourth-order valence-corrected chi connectivity index (χ4v) is 3.76. The Hall–Kier alpha value is -3.12. The number of carbonyl (C=O) groups excluding carboxylic acids is 1. The van der Waals surface area contributed by atoms with Gasteiger partial charge in [0.2, 0.25) is 0 Å². The number of methoxy groups -OCH3 is 1. The molecular formula is C25H29N3O3. The lowest BCUT2D eigenvalue weighted by Crippen LogP contribution is -2.26. The lowest BCUT2D eigenvalue weighted by molar-refractivity contribution is 0.0951. The summed E-state index contributed by atoms with van der Waals surface area (Å²) in [4.78, 5) is 17.5. The molecule has 1 heterocycles. The minimum absolute atomic E-state index is 0.0380. The van der Waals surface area contributed by atoms with Gasteiger partial charge in [-0.3, -0.25) is 9.78 Å². The van der Waals surface area contributed by atoms with Crippen LogP contribution in [0.25, 0.3) is 10.9 Å². The van der Waals surface area contributed by atoms with Gasteiger partial charge in [-0.1, -0.05) is 26.0 Å². The van der Waals surface area contributed by atoms with Crippen LogP contribution in [0.5, 0.6) is 5.75 Å². The van der Waals surface area contributed by atoms with E-state index < -0.39 is 0 Å². The first-order chi connectivity index (χ1) is 15.0. The second kappa shape index (κ2) is 8.94. The SMILES string of the molecule is COc1ccc(CNc2c(C(=O)NC3CC3)cnc3cc(CO)c(C(C)C)cc23)cc1. The van der Waals surface area contributed by atoms with Gasteiger partial charge < -0.3 is 20.5 Å². The molecule has 31 heavy (non-hydrogen) atoms. The third-order valence-corrected chi connectivity index (χ3v) is 5.71. The van der Waals surface area contributed by atoms with Crippen LogP contribution < -0.4 is 15.4 Å². The van der Waals surface area contributed by atoms with Crippen molar-refractivity contribution in [2.75, 3.05) is 12.4 Å². The number of rotatable bonds is 8. The van der Waals surface area contributed by atoms with Crippen LogP contribution in [0.3, 0.4) is 0 Å². The van der Waals surface area contributed by atoms with Gasteiger partial charge in [0.25, 0.3) is 5.91 Å². The van der Waals surface area contributed by atoms with Crippen LogP contribution in [-0.4, -0.2) is 29.1 Å². The molecule has 0 radical (unpaired) electrons. The van der Waals surface area contributed by atoms with Gasteiger partial charge in [-0.15, -0.1) is 0 Å². The molecule has 0 spiro atoms. The number of benzene rings is 2. The summed E-state index contributed by atoms with van der Waals surface area (Å²) in [7, 11) is 1.65. The van der Waals surface area contributed by atoms with Gasteiger partial charge in [0.15, 0.2) is 0 Å². The van der Waals surface area contributed by atoms with Gasteiger partial charge in [-0.25, -0.2) is 0 Å². The topological polar surface area (TPSA) is 83.5 Å². The first kappa shape index (κ1) is 21.1. The van der Waals surface area contributed by atoms with E-state index in [2.05, 4.69) is 35.5 Å². The Morgan fingerprint density at radius 3 is 2.58 bits per heavy atom. The number of carbonyl (C=O) groups is 1. The highest BCUT2D eigenvalue weighted by atomic mass is 16.5. The number of nitrogens with one attached hydrogen (secondary N) is 2. The first-order valence-electron chi connectivity index (χ1n) is 10.7. The van der Waals surface area contributed by atoms with Crippen molar-refractivity contribution in [3.05, 3.63) is 64.8 Å². The van der Waals surface area contributed by atoms with Crippen molar-refractivity contribution in [3.8, 4) is 5.75 Å². The molecule has 0 bridgehead atoms. The summed E-state index contributed by atoms with van der Waals surface area (Å²) in [5.74, 6) is 0.942. The maximum Gasteiger partial charge on any atom is 0.255 e. The zero-order valence-corrected chi connectivity index (χ0v) is 18.2. The van der Waals surface area contributed by atoms with Crippen molar-refractivity contribution in [1.82, 2.24) is 10.3 Å². The summed E-state index contributed by atoms with van der Waals surface area (Å²) in [6.07, 6.45) is 3.68. The Morgan fingerprint density at radius 1 is 1.23 bits per heavy atom. The lowest BCUT2D eigenvalue weighted by Gasteiger charge is -2.18. The molecule has 1 aromatic heterocycles. The molecule has 6 nitrogen and oxygen atoms in total. The zero-order chi connectivity index (χ0) is 22.0. The van der Waals surface area contributed by atoms with E-state index >= 15 is 0 Å². The van der Waals surface area contributed by atoms with E-state index in [4.69, 9.17) is 4.74 Å². The summed E-state index contributed by atoms with van der Waals surface area (Å²) < 4.78 is 5.24. The molecule has 0 aliphatic heterocycles. The fraction of sp³-hybridized carbons (Fsp3) is 0.360. The molecule has 1 fully saturated rings. The fourth-order valence-electron chi connectivity index (χ4n) is 3.76. The standard InChI is InChI=1S/C25H29N3O3/c1-15(2)20-11-21-23(10-17(20)14-29)26-13-22(25(30)28-18-6-7-18)24(21)27-12-16-4-8-19(31-3)9-5-16/h4-5,8-11,13,15,18,29H,6-7,12,14H2,1-3H3,(H,26,27)(H,28,30). The zero-order valence-electron chi connectivity index (χ0n) is 18.2. The van der Waals surface area contributed by atoms with Crippen molar-refractivity contribution in [1.29, 1.82) is 0 Å². The van der Waals surface area contributed by atoms with Gasteiger partial charge in [0.05, 0.1) is 30.5 Å². The molecule has 0 saturated heterocycles. The van der Waals surface area contributed by atoms with Gasteiger partial charge >= 0.3 is 0 Å². The highest BCUT2D eigenvalue weighted by Gasteiger charge is 2.26. The van der Waals surface area contributed by atoms with Crippen LogP contribution in [0.15, 0.2) is 42.6 Å². The highest BCUT2D eigenvalue weighted by molar-refractivity contribution is 6.07. The molecule has 1 aliphatic carbocycles. The minimum Gasteiger partial charge on any atom is -0.497 e. The number of aliphatic hydroxyl groups excluding tert-OH is 1. The highest BCUT2D eigenvalue weighted by Crippen LogP contribution is 2.32. The van der Waals surface area contributed by atoms with Gasteiger partial charge in [0, 0.05) is 24.2 Å². The number of ether oxygens (including phenoxy) is 1. The summed E-state index contributed by atoms with van der Waals surface area (Å²) in [6, 6.07) is 12.1. The van der Waals surface area contributed by atoms with Crippen molar-refractivity contribution >= 4 is 22.5 Å². The molecule has 4 rings (SSSR count). The van der Waals surface area contributed by atoms with E-state index in [1.54, 1.807) is 13.3 Å². The van der Waals surface area contributed by atoms with Crippen LogP contribution in [-0.2, 0) is 13.2 Å². The number of nitrogens with zero attached hydrogens (tertiary/aromatic N) is 1. The number of hydrogen-bond donors (Lipinski definition) is 3. The quantitative estimate of drug-likeness (QED) is 0.505. The summed E-state index contributed by atoms with van der Waals surface area (Å²) >= 11 is 0. The molecule has 1 amide bonds. The summed E-state index contributed by atoms with van der Waals surface area (Å²) in [5.41, 5.74) is 5.07. The van der Waals surface area contributed by atoms with Crippen molar-refractivity contribution in [2.24, 2.45) is 0 Å². The first-order valence-corrected chi connectivity index (χ1v) is 10.7. The van der Waals surface area contributed by atoms with Crippen LogP contribution in [0.1, 0.15) is 59.7 Å². The molecule has 162 valence electrons. The number of aliphatic hydroxyl groups is 1. The van der Waals surface area contributed by atoms with Crippen molar-refractivity contribution < 1.29 is 14.6 Å². The Morgan fingerprint density at radius 2 is 1.97 bits per heavy atom. The Labute approximate surface area is 182 Å². The Bertz CT molecular complexity index is 1090. The number of hydrogen-bond acceptors (Lipinski definition) is 5. The molecule has 0 unspecified atom stereocenters. The number of pyridine rings is 1. The molecule has 6 heteroatoms. The largest absolute Gasteiger partial charge is 0.497 e. The third kappa shape index (κ3) is 4.64. The second-order valence-electron chi connectivity index (χ2n) is 8.38. The molecular weight excluding hydrogens is 390 g/mol. The van der Waals surface area contributed by atoms with E-state index in [9.17, 15) is 9.90 Å². The van der Waals surface area contributed by atoms with E-state index in [1.165, 1.54) is 0 Å². The van der Waals surface area contributed by atoms with Gasteiger partial charge in [-0.2, -0.15) is 0 Å². The molecule has 0 atom stereocenters. The maximum absolute atomic E-state index is 12.9. The van der Waals surface area contributed by atoms with E-state index in [1.807, 2.05) is 30.3 Å². The number of aromatic nitrogens is 1. The summed E-state index contributed by atoms with van der Waals surface area (Å²) in [5, 5.41) is 17.3. The molecule has 3 aromatic rings. The lowest BCUT2D eigenvalue weighted by atomic mass is 9.94. The van der Waals surface area contributed by atoms with Gasteiger partial charge in [0.1, 0.15) is 5.75 Å². The maximum atomic E-state index is 12.9. The van der Waals surface area contributed by atoms with E-state index in [0.29, 0.717) is 12.1 Å². The average molecular weight is 420 g/mol. The predicted molar refractivity (Wildman–Crippen MR) is 123 cm³/mol. The van der Waals surface area contributed by atoms with Crippen LogP contribution in [0, 0.1) is 0 Å². The van der Waals surface area contributed by atoms with E-state index in [0.717, 1.165) is 51.9 Å². The molecule has 1 saturated carbocycles. The average Bonchev–Trinajstić information content (AvgIpc) is 3.60. The smallest absolute Gasteiger partial charge is 0.255 e. The Balaban J connectivity index is 1.76. The van der Waals surface area contributed by atoms with Crippen LogP contribution in [0.4, 0.5) is 5.69 Å². The molecule has 1 aliphatic rings. The van der Waals surface area contributed by atoms with Crippen LogP contribution in [0.2, 0.25) is 0 Å². The van der Waals surface area contributed by atoms with Crippen LogP contribution >= 0.6 is 0 Å². The van der Waals surface area contributed by atoms with Crippen molar-refractivity contribution in [3.63, 3.8) is 0 Å². The number of amides is 1. The molecule has 3 N–H and O–H groups in total. The van der Waals surface area contributed by atoms with Crippen molar-refractivity contribution in [2.45, 2.75) is 51.8 Å². The monoisotopic (exact) mass is 419 g/mol. The Kier molecular flexibility index (Phi) is 6.09. The minimum atomic E-state index is -0.105. The van der Waals surface area contributed by atoms with Gasteiger partial charge in [-0.05, 0) is 59.7 Å². The van der Waals surface area contributed by atoms with E-state index in [-0.39, 0.29) is 24.5 Å². The molecule has 2 aromatic carbocycles. The third-order valence-electron chi connectivity index (χ3n) is 5.71.